The van der Waals surface area contributed by atoms with Crippen molar-refractivity contribution in [2.75, 3.05) is 5.32 Å². The van der Waals surface area contributed by atoms with Gasteiger partial charge in [-0.25, -0.2) is 4.98 Å². The first-order valence-corrected chi connectivity index (χ1v) is 7.89. The minimum atomic E-state index is -0.338. The lowest BCUT2D eigenvalue weighted by molar-refractivity contribution is 0.102. The highest BCUT2D eigenvalue weighted by Crippen LogP contribution is 2.17. The Labute approximate surface area is 140 Å². The van der Waals surface area contributed by atoms with Crippen LogP contribution in [-0.2, 0) is 0 Å². The molecule has 0 saturated carbocycles. The summed E-state index contributed by atoms with van der Waals surface area (Å²) in [6.07, 6.45) is 0. The standard InChI is InChI=1S/C14H15N7O2S/c1-6-5-10(16-13(23)11-9(4)18-20-24-11)21(19-6)14-15-8(3)7(2)12(22)17-14/h5H,1-4H3,(H,16,23)(H,15,17,22). The molecular weight excluding hydrogens is 330 g/mol. The molecule has 3 heterocycles. The Morgan fingerprint density at radius 3 is 2.62 bits per heavy atom. The fourth-order valence-corrected chi connectivity index (χ4v) is 2.65. The van der Waals surface area contributed by atoms with Crippen molar-refractivity contribution in [1.82, 2.24) is 29.3 Å². The molecule has 24 heavy (non-hydrogen) atoms. The molecule has 0 aromatic carbocycles. The minimum absolute atomic E-state index is 0.241. The fraction of sp³-hybridized carbons (Fsp3) is 0.286. The Morgan fingerprint density at radius 2 is 2.00 bits per heavy atom. The van der Waals surface area contributed by atoms with Crippen molar-refractivity contribution in [3.8, 4) is 5.95 Å². The maximum Gasteiger partial charge on any atom is 0.270 e. The van der Waals surface area contributed by atoms with E-state index in [0.717, 1.165) is 11.5 Å². The van der Waals surface area contributed by atoms with Crippen molar-refractivity contribution in [2.45, 2.75) is 27.7 Å². The summed E-state index contributed by atoms with van der Waals surface area (Å²) >= 11 is 1.02. The third-order valence-electron chi connectivity index (χ3n) is 3.51. The summed E-state index contributed by atoms with van der Waals surface area (Å²) < 4.78 is 5.15. The summed E-state index contributed by atoms with van der Waals surface area (Å²) in [6, 6.07) is 1.69. The molecule has 1 amide bonds. The molecule has 124 valence electrons. The van der Waals surface area contributed by atoms with Crippen LogP contribution in [0.3, 0.4) is 0 Å². The van der Waals surface area contributed by atoms with Crippen LogP contribution >= 0.6 is 11.5 Å². The fourth-order valence-electron chi connectivity index (χ4n) is 2.09. The molecule has 0 saturated heterocycles. The number of carbonyl (C=O) groups is 1. The third kappa shape index (κ3) is 2.83. The van der Waals surface area contributed by atoms with Gasteiger partial charge in [0, 0.05) is 17.3 Å². The summed E-state index contributed by atoms with van der Waals surface area (Å²) in [5.74, 6) is 0.303. The van der Waals surface area contributed by atoms with Gasteiger partial charge in [0.15, 0.2) is 0 Å². The molecule has 0 aliphatic rings. The van der Waals surface area contributed by atoms with Gasteiger partial charge >= 0.3 is 0 Å². The summed E-state index contributed by atoms with van der Waals surface area (Å²) in [5, 5.41) is 10.9. The van der Waals surface area contributed by atoms with Crippen molar-refractivity contribution in [3.63, 3.8) is 0 Å². The molecule has 0 aliphatic carbocycles. The average molecular weight is 345 g/mol. The van der Waals surface area contributed by atoms with Gasteiger partial charge in [-0.05, 0) is 39.2 Å². The van der Waals surface area contributed by atoms with Crippen LogP contribution in [0, 0.1) is 27.7 Å². The first-order chi connectivity index (χ1) is 11.4. The van der Waals surface area contributed by atoms with E-state index in [1.807, 2.05) is 0 Å². The largest absolute Gasteiger partial charge is 0.306 e. The summed E-state index contributed by atoms with van der Waals surface area (Å²) in [7, 11) is 0. The Balaban J connectivity index is 2.01. The summed E-state index contributed by atoms with van der Waals surface area (Å²) in [4.78, 5) is 31.8. The highest BCUT2D eigenvalue weighted by Gasteiger charge is 2.18. The first-order valence-electron chi connectivity index (χ1n) is 7.11. The highest BCUT2D eigenvalue weighted by atomic mass is 32.1. The van der Waals surface area contributed by atoms with Gasteiger partial charge in [0.1, 0.15) is 10.7 Å². The zero-order chi connectivity index (χ0) is 17.4. The van der Waals surface area contributed by atoms with Gasteiger partial charge < -0.3 is 5.32 Å². The van der Waals surface area contributed by atoms with Gasteiger partial charge in [0.05, 0.1) is 11.4 Å². The van der Waals surface area contributed by atoms with E-state index >= 15 is 0 Å². The predicted octanol–water partition coefficient (Wildman–Crippen LogP) is 1.29. The van der Waals surface area contributed by atoms with Gasteiger partial charge in [0.2, 0.25) is 5.95 Å². The van der Waals surface area contributed by atoms with E-state index in [4.69, 9.17) is 0 Å². The lowest BCUT2D eigenvalue weighted by Crippen LogP contribution is -2.20. The van der Waals surface area contributed by atoms with Crippen LogP contribution in [-0.4, -0.2) is 35.2 Å². The monoisotopic (exact) mass is 345 g/mol. The van der Waals surface area contributed by atoms with E-state index in [9.17, 15) is 9.59 Å². The molecule has 10 heteroatoms. The maximum absolute atomic E-state index is 12.4. The lowest BCUT2D eigenvalue weighted by Gasteiger charge is -2.08. The molecule has 2 N–H and O–H groups in total. The van der Waals surface area contributed by atoms with Gasteiger partial charge in [-0.1, -0.05) is 4.49 Å². The number of carbonyl (C=O) groups excluding carboxylic acids is 1. The molecule has 0 fully saturated rings. The second kappa shape index (κ2) is 5.96. The van der Waals surface area contributed by atoms with Crippen molar-refractivity contribution in [2.24, 2.45) is 0 Å². The zero-order valence-corrected chi connectivity index (χ0v) is 14.4. The number of amides is 1. The van der Waals surface area contributed by atoms with Crippen LogP contribution in [0.2, 0.25) is 0 Å². The highest BCUT2D eigenvalue weighted by molar-refractivity contribution is 7.08. The molecule has 9 nitrogen and oxygen atoms in total. The number of aromatic nitrogens is 6. The Kier molecular flexibility index (Phi) is 3.97. The normalized spacial score (nSPS) is 10.8. The van der Waals surface area contributed by atoms with E-state index in [1.54, 1.807) is 33.8 Å². The Morgan fingerprint density at radius 1 is 1.25 bits per heavy atom. The van der Waals surface area contributed by atoms with Crippen LogP contribution in [0.4, 0.5) is 5.82 Å². The van der Waals surface area contributed by atoms with E-state index in [-0.39, 0.29) is 17.4 Å². The van der Waals surface area contributed by atoms with Gasteiger partial charge in [-0.15, -0.1) is 5.10 Å². The molecule has 3 aromatic heterocycles. The molecular formula is C14H15N7O2S. The van der Waals surface area contributed by atoms with Crippen LogP contribution < -0.4 is 10.9 Å². The number of H-pyrrole nitrogens is 1. The predicted molar refractivity (Wildman–Crippen MR) is 88.8 cm³/mol. The number of rotatable bonds is 3. The Bertz CT molecular complexity index is 985. The van der Waals surface area contributed by atoms with Gasteiger partial charge in [-0.3, -0.25) is 14.6 Å². The third-order valence-corrected chi connectivity index (χ3v) is 4.34. The Hall–Kier alpha value is -2.88. The average Bonchev–Trinajstić information content (AvgIpc) is 3.10. The second-order valence-electron chi connectivity index (χ2n) is 5.32. The number of hydrogen-bond donors (Lipinski definition) is 2. The van der Waals surface area contributed by atoms with Crippen LogP contribution in [0.25, 0.3) is 5.95 Å². The van der Waals surface area contributed by atoms with Crippen molar-refractivity contribution in [3.05, 3.63) is 43.9 Å². The van der Waals surface area contributed by atoms with Crippen LogP contribution in [0.5, 0.6) is 0 Å². The smallest absolute Gasteiger partial charge is 0.270 e. The molecule has 0 unspecified atom stereocenters. The number of nitrogens with zero attached hydrogens (tertiary/aromatic N) is 5. The lowest BCUT2D eigenvalue weighted by atomic mass is 10.3. The molecule has 0 aliphatic heterocycles. The molecule has 0 radical (unpaired) electrons. The molecule has 0 bridgehead atoms. The van der Waals surface area contributed by atoms with Crippen LogP contribution in [0.1, 0.15) is 32.3 Å². The summed E-state index contributed by atoms with van der Waals surface area (Å²) in [5.41, 5.74) is 2.12. The molecule has 0 atom stereocenters. The SMILES string of the molecule is Cc1cc(NC(=O)c2snnc2C)n(-c2nc(C)c(C)c(=O)[nH]2)n1. The molecule has 3 aromatic rings. The minimum Gasteiger partial charge on any atom is -0.306 e. The van der Waals surface area contributed by atoms with E-state index in [1.165, 1.54) is 4.68 Å². The quantitative estimate of drug-likeness (QED) is 0.738. The zero-order valence-electron chi connectivity index (χ0n) is 13.5. The van der Waals surface area contributed by atoms with E-state index in [0.29, 0.717) is 33.3 Å². The number of aromatic amines is 1. The number of nitrogens with one attached hydrogen (secondary N) is 2. The van der Waals surface area contributed by atoms with Crippen molar-refractivity contribution in [1.29, 1.82) is 0 Å². The maximum atomic E-state index is 12.4. The van der Waals surface area contributed by atoms with Gasteiger partial charge in [-0.2, -0.15) is 9.78 Å². The molecule has 0 spiro atoms. The van der Waals surface area contributed by atoms with E-state index in [2.05, 4.69) is 30.0 Å². The topological polar surface area (TPSA) is 118 Å². The van der Waals surface area contributed by atoms with E-state index < -0.39 is 0 Å². The summed E-state index contributed by atoms with van der Waals surface area (Å²) in [6.45, 7) is 6.94. The number of anilines is 1. The number of aryl methyl sites for hydroxylation is 3. The van der Waals surface area contributed by atoms with Gasteiger partial charge in [0.25, 0.3) is 11.5 Å². The second-order valence-corrected chi connectivity index (χ2v) is 6.08. The van der Waals surface area contributed by atoms with Crippen molar-refractivity contribution >= 4 is 23.3 Å². The van der Waals surface area contributed by atoms with Crippen LogP contribution in [0.15, 0.2) is 10.9 Å². The number of hydrogen-bond acceptors (Lipinski definition) is 7. The van der Waals surface area contributed by atoms with Crippen molar-refractivity contribution < 1.29 is 4.79 Å². The molecule has 3 rings (SSSR count). The first kappa shape index (κ1) is 16.0.